The molecule has 0 saturated carbocycles. The summed E-state index contributed by atoms with van der Waals surface area (Å²) in [7, 11) is 0. The van der Waals surface area contributed by atoms with E-state index >= 15 is 0 Å². The van der Waals surface area contributed by atoms with Crippen molar-refractivity contribution in [2.45, 2.75) is 31.8 Å². The minimum Gasteiger partial charge on any atom is -0.390 e. The molecule has 0 aromatic heterocycles. The van der Waals surface area contributed by atoms with Gasteiger partial charge in [0.1, 0.15) is 12.6 Å². The highest BCUT2D eigenvalue weighted by atomic mass is 16.3. The second-order valence-electron chi connectivity index (χ2n) is 6.76. The third-order valence-electron chi connectivity index (χ3n) is 5.38. The molecule has 118 valence electrons. The number of quaternary nitrogens is 1. The lowest BCUT2D eigenvalue weighted by Gasteiger charge is -2.32. The largest absolute Gasteiger partial charge is 0.390 e. The van der Waals surface area contributed by atoms with Crippen LogP contribution in [-0.4, -0.2) is 24.3 Å². The highest BCUT2D eigenvalue weighted by molar-refractivity contribution is 6.02. The molecule has 2 heteroatoms. The van der Waals surface area contributed by atoms with E-state index in [9.17, 15) is 5.11 Å². The standard InChI is InChI=1S/C21H23NO/c23-15-18-9-5-6-12-22(18)14-21-19-10-3-1-7-16(19)13-17-8-2-4-11-20(17)21/h1-4,7-8,10-11,13,18,23H,5-6,9,12,14-15H2/p+1/t18-/m0/s1. The molecular formula is C21H24NO+. The van der Waals surface area contributed by atoms with E-state index in [1.807, 2.05) is 0 Å². The van der Waals surface area contributed by atoms with Crippen LogP contribution < -0.4 is 4.90 Å². The average Bonchev–Trinajstić information content (AvgIpc) is 2.62. The fraction of sp³-hybridized carbons (Fsp3) is 0.333. The molecule has 23 heavy (non-hydrogen) atoms. The Kier molecular flexibility index (Phi) is 4.02. The number of rotatable bonds is 3. The van der Waals surface area contributed by atoms with Crippen molar-refractivity contribution in [2.24, 2.45) is 0 Å². The van der Waals surface area contributed by atoms with Crippen molar-refractivity contribution in [3.05, 3.63) is 60.2 Å². The Morgan fingerprint density at radius 2 is 1.57 bits per heavy atom. The Balaban J connectivity index is 1.85. The normalized spacial score (nSPS) is 21.8. The molecule has 2 nitrogen and oxygen atoms in total. The van der Waals surface area contributed by atoms with Gasteiger partial charge in [-0.25, -0.2) is 0 Å². The Morgan fingerprint density at radius 1 is 0.913 bits per heavy atom. The minimum atomic E-state index is 0.304. The van der Waals surface area contributed by atoms with Gasteiger partial charge in [0, 0.05) is 12.0 Å². The zero-order valence-corrected chi connectivity index (χ0v) is 13.5. The van der Waals surface area contributed by atoms with E-state index in [0.717, 1.165) is 13.0 Å². The van der Waals surface area contributed by atoms with Crippen molar-refractivity contribution in [1.29, 1.82) is 0 Å². The van der Waals surface area contributed by atoms with Gasteiger partial charge in [0.25, 0.3) is 0 Å². The summed E-state index contributed by atoms with van der Waals surface area (Å²) in [6.07, 6.45) is 3.67. The molecule has 1 aliphatic rings. The Bertz CT molecular complexity index is 772. The number of aliphatic hydroxyl groups is 1. The van der Waals surface area contributed by atoms with Crippen LogP contribution in [0.4, 0.5) is 0 Å². The number of piperidine rings is 1. The first-order valence-electron chi connectivity index (χ1n) is 8.71. The quantitative estimate of drug-likeness (QED) is 0.715. The topological polar surface area (TPSA) is 24.7 Å². The molecule has 1 unspecified atom stereocenters. The molecule has 0 aliphatic carbocycles. The van der Waals surface area contributed by atoms with Crippen LogP contribution in [0.1, 0.15) is 24.8 Å². The SMILES string of the molecule is OC[C@@H]1CCCC[NH+]1Cc1c2ccccc2cc2ccccc12. The van der Waals surface area contributed by atoms with Crippen LogP contribution in [0.3, 0.4) is 0 Å². The van der Waals surface area contributed by atoms with Gasteiger partial charge >= 0.3 is 0 Å². The number of aliphatic hydroxyl groups excluding tert-OH is 1. The van der Waals surface area contributed by atoms with Crippen LogP contribution in [0.2, 0.25) is 0 Å². The van der Waals surface area contributed by atoms with Gasteiger partial charge in [0.15, 0.2) is 0 Å². The highest BCUT2D eigenvalue weighted by Crippen LogP contribution is 2.28. The summed E-state index contributed by atoms with van der Waals surface area (Å²) in [6, 6.07) is 20.1. The van der Waals surface area contributed by atoms with Crippen LogP contribution in [-0.2, 0) is 6.54 Å². The first kappa shape index (κ1) is 14.7. The molecule has 0 amide bonds. The maximum absolute atomic E-state index is 9.75. The second-order valence-corrected chi connectivity index (χ2v) is 6.76. The first-order valence-corrected chi connectivity index (χ1v) is 8.71. The predicted octanol–water partition coefficient (Wildman–Crippen LogP) is 2.92. The van der Waals surface area contributed by atoms with E-state index < -0.39 is 0 Å². The maximum Gasteiger partial charge on any atom is 0.111 e. The molecular weight excluding hydrogens is 282 g/mol. The lowest BCUT2D eigenvalue weighted by Crippen LogP contribution is -3.16. The fourth-order valence-electron chi connectivity index (χ4n) is 4.13. The van der Waals surface area contributed by atoms with E-state index in [-0.39, 0.29) is 0 Å². The van der Waals surface area contributed by atoms with Gasteiger partial charge in [0.2, 0.25) is 0 Å². The first-order chi connectivity index (χ1) is 11.4. The molecule has 1 fully saturated rings. The van der Waals surface area contributed by atoms with E-state index in [2.05, 4.69) is 54.6 Å². The van der Waals surface area contributed by atoms with Crippen molar-refractivity contribution >= 4 is 21.5 Å². The number of fused-ring (bicyclic) bond motifs is 2. The summed E-state index contributed by atoms with van der Waals surface area (Å²) in [5.74, 6) is 0. The monoisotopic (exact) mass is 306 g/mol. The summed E-state index contributed by atoms with van der Waals surface area (Å²) in [6.45, 7) is 2.48. The number of likely N-dealkylation sites (tertiary alicyclic amines) is 1. The molecule has 4 rings (SSSR count). The van der Waals surface area contributed by atoms with Crippen molar-refractivity contribution < 1.29 is 10.0 Å². The van der Waals surface area contributed by atoms with E-state index in [1.165, 1.54) is 46.5 Å². The Hall–Kier alpha value is -1.90. The molecule has 2 atom stereocenters. The lowest BCUT2D eigenvalue weighted by atomic mass is 9.95. The molecule has 2 N–H and O–H groups in total. The van der Waals surface area contributed by atoms with Crippen molar-refractivity contribution in [3.8, 4) is 0 Å². The highest BCUT2D eigenvalue weighted by Gasteiger charge is 2.26. The fourth-order valence-corrected chi connectivity index (χ4v) is 4.13. The van der Waals surface area contributed by atoms with Crippen molar-refractivity contribution in [2.75, 3.05) is 13.2 Å². The van der Waals surface area contributed by atoms with E-state index in [4.69, 9.17) is 0 Å². The number of benzene rings is 3. The van der Waals surface area contributed by atoms with Gasteiger partial charge in [-0.1, -0.05) is 48.5 Å². The van der Waals surface area contributed by atoms with Gasteiger partial charge < -0.3 is 10.0 Å². The summed E-state index contributed by atoms with van der Waals surface area (Å²) in [5.41, 5.74) is 1.44. The summed E-state index contributed by atoms with van der Waals surface area (Å²) >= 11 is 0. The van der Waals surface area contributed by atoms with E-state index in [1.54, 1.807) is 4.90 Å². The molecule has 1 saturated heterocycles. The molecule has 0 bridgehead atoms. The third kappa shape index (κ3) is 2.73. The third-order valence-corrected chi connectivity index (χ3v) is 5.38. The molecule has 1 heterocycles. The van der Waals surface area contributed by atoms with Gasteiger partial charge in [-0.2, -0.15) is 0 Å². The number of hydrogen-bond acceptors (Lipinski definition) is 1. The minimum absolute atomic E-state index is 0.304. The Labute approximate surface area is 137 Å². The van der Waals surface area contributed by atoms with Crippen LogP contribution in [0, 0.1) is 0 Å². The predicted molar refractivity (Wildman–Crippen MR) is 95.7 cm³/mol. The van der Waals surface area contributed by atoms with Crippen LogP contribution >= 0.6 is 0 Å². The molecule has 3 aromatic carbocycles. The van der Waals surface area contributed by atoms with Crippen molar-refractivity contribution in [1.82, 2.24) is 0 Å². The summed E-state index contributed by atoms with van der Waals surface area (Å²) in [4.78, 5) is 1.54. The van der Waals surface area contributed by atoms with Crippen LogP contribution in [0.15, 0.2) is 54.6 Å². The maximum atomic E-state index is 9.75. The van der Waals surface area contributed by atoms with Gasteiger partial charge in [-0.05, 0) is 40.5 Å². The number of hydrogen-bond donors (Lipinski definition) is 2. The summed E-state index contributed by atoms with van der Waals surface area (Å²) in [5, 5.41) is 15.1. The lowest BCUT2D eigenvalue weighted by molar-refractivity contribution is -0.944. The molecule has 0 spiro atoms. The number of nitrogens with one attached hydrogen (secondary N) is 1. The van der Waals surface area contributed by atoms with Gasteiger partial charge in [-0.15, -0.1) is 0 Å². The van der Waals surface area contributed by atoms with E-state index in [0.29, 0.717) is 12.6 Å². The molecule has 0 radical (unpaired) electrons. The zero-order chi connectivity index (χ0) is 15.6. The smallest absolute Gasteiger partial charge is 0.111 e. The van der Waals surface area contributed by atoms with Crippen LogP contribution in [0.25, 0.3) is 21.5 Å². The average molecular weight is 306 g/mol. The Morgan fingerprint density at radius 3 is 2.22 bits per heavy atom. The zero-order valence-electron chi connectivity index (χ0n) is 13.5. The van der Waals surface area contributed by atoms with Gasteiger partial charge in [0.05, 0.1) is 13.2 Å². The van der Waals surface area contributed by atoms with Crippen LogP contribution in [0.5, 0.6) is 0 Å². The molecule has 3 aromatic rings. The second kappa shape index (κ2) is 6.31. The van der Waals surface area contributed by atoms with Crippen molar-refractivity contribution in [3.63, 3.8) is 0 Å². The summed E-state index contributed by atoms with van der Waals surface area (Å²) < 4.78 is 0. The molecule has 1 aliphatic heterocycles. The van der Waals surface area contributed by atoms with Gasteiger partial charge in [-0.3, -0.25) is 0 Å².